The molecule has 7 heteroatoms. The molecule has 0 aliphatic rings. The molecule has 0 aliphatic heterocycles. The minimum absolute atomic E-state index is 0.304. The Labute approximate surface area is 105 Å². The number of benzene rings is 1. The van der Waals surface area contributed by atoms with Gasteiger partial charge in [-0.05, 0) is 23.9 Å². The lowest BCUT2D eigenvalue weighted by Gasteiger charge is -1.96. The zero-order valence-electron chi connectivity index (χ0n) is 8.95. The molecule has 6 nitrogen and oxygen atoms in total. The van der Waals surface area contributed by atoms with E-state index in [1.165, 1.54) is 0 Å². The maximum Gasteiger partial charge on any atom is 0.342 e. The third-order valence-electron chi connectivity index (χ3n) is 2.04. The van der Waals surface area contributed by atoms with E-state index in [2.05, 4.69) is 9.97 Å². The van der Waals surface area contributed by atoms with Crippen molar-refractivity contribution < 1.29 is 19.8 Å². The summed E-state index contributed by atoms with van der Waals surface area (Å²) in [5, 5.41) is 17.8. The lowest BCUT2D eigenvalue weighted by molar-refractivity contribution is -0.134. The Kier molecular flexibility index (Phi) is 3.33. The Morgan fingerprint density at radius 3 is 2.61 bits per heavy atom. The number of carboxylic acids is 2. The van der Waals surface area contributed by atoms with Gasteiger partial charge in [-0.3, -0.25) is 0 Å². The van der Waals surface area contributed by atoms with Crippen molar-refractivity contribution in [3.63, 3.8) is 0 Å². The standard InChI is InChI=1S/C11H8N2O4S/c14-9(15)5-8(10(16)17)18-11-12-6-3-1-2-4-7(6)13-11/h1-5H,(H,12,13)(H,14,15)(H,16,17). The lowest BCUT2D eigenvalue weighted by Crippen LogP contribution is -2.01. The first-order valence-corrected chi connectivity index (χ1v) is 5.68. The molecule has 0 atom stereocenters. The van der Waals surface area contributed by atoms with Crippen molar-refractivity contribution in [3.05, 3.63) is 35.2 Å². The second-order valence-corrected chi connectivity index (χ2v) is 4.34. The van der Waals surface area contributed by atoms with Crippen molar-refractivity contribution in [2.24, 2.45) is 0 Å². The molecule has 0 aliphatic carbocycles. The van der Waals surface area contributed by atoms with Crippen molar-refractivity contribution in [2.75, 3.05) is 0 Å². The number of H-pyrrole nitrogens is 1. The van der Waals surface area contributed by atoms with Crippen molar-refractivity contribution in [1.29, 1.82) is 0 Å². The summed E-state index contributed by atoms with van der Waals surface area (Å²) in [6.07, 6.45) is 0.639. The number of para-hydroxylation sites is 2. The fraction of sp³-hybridized carbons (Fsp3) is 0. The number of aromatic nitrogens is 2. The highest BCUT2D eigenvalue weighted by atomic mass is 32.2. The van der Waals surface area contributed by atoms with Gasteiger partial charge in [-0.25, -0.2) is 14.6 Å². The van der Waals surface area contributed by atoms with E-state index in [0.717, 1.165) is 17.3 Å². The number of aromatic amines is 1. The highest BCUT2D eigenvalue weighted by Crippen LogP contribution is 2.26. The fourth-order valence-corrected chi connectivity index (χ4v) is 2.09. The topological polar surface area (TPSA) is 103 Å². The molecule has 0 amide bonds. The third-order valence-corrected chi connectivity index (χ3v) is 2.94. The van der Waals surface area contributed by atoms with Crippen LogP contribution in [0, 0.1) is 0 Å². The van der Waals surface area contributed by atoms with Gasteiger partial charge in [0.1, 0.15) is 4.91 Å². The maximum atomic E-state index is 10.9. The molecule has 1 aromatic heterocycles. The van der Waals surface area contributed by atoms with E-state index in [4.69, 9.17) is 10.2 Å². The second-order valence-electron chi connectivity index (χ2n) is 3.31. The van der Waals surface area contributed by atoms with Crippen LogP contribution in [-0.4, -0.2) is 32.1 Å². The number of hydrogen-bond acceptors (Lipinski definition) is 4. The van der Waals surface area contributed by atoms with E-state index in [-0.39, 0.29) is 4.91 Å². The van der Waals surface area contributed by atoms with Crippen LogP contribution < -0.4 is 0 Å². The smallest absolute Gasteiger partial charge is 0.342 e. The molecular formula is C11H8N2O4S. The summed E-state index contributed by atoms with van der Waals surface area (Å²) in [4.78, 5) is 28.1. The molecular weight excluding hydrogens is 256 g/mol. The van der Waals surface area contributed by atoms with Crippen LogP contribution in [-0.2, 0) is 9.59 Å². The molecule has 0 unspecified atom stereocenters. The van der Waals surface area contributed by atoms with Crippen molar-refractivity contribution in [3.8, 4) is 0 Å². The highest BCUT2D eigenvalue weighted by molar-refractivity contribution is 8.03. The summed E-state index contributed by atoms with van der Waals surface area (Å²) < 4.78 is 0. The van der Waals surface area contributed by atoms with E-state index in [1.54, 1.807) is 12.1 Å². The minimum Gasteiger partial charge on any atom is -0.478 e. The predicted octanol–water partition coefficient (Wildman–Crippen LogP) is 1.71. The monoisotopic (exact) mass is 264 g/mol. The van der Waals surface area contributed by atoms with Gasteiger partial charge in [0.05, 0.1) is 11.0 Å². The Hall–Kier alpha value is -2.28. The normalized spacial score (nSPS) is 11.7. The van der Waals surface area contributed by atoms with Gasteiger partial charge in [-0.2, -0.15) is 0 Å². The van der Waals surface area contributed by atoms with Gasteiger partial charge >= 0.3 is 11.9 Å². The number of aliphatic carboxylic acids is 2. The van der Waals surface area contributed by atoms with Gasteiger partial charge in [0.15, 0.2) is 5.16 Å². The van der Waals surface area contributed by atoms with Crippen LogP contribution in [0.3, 0.4) is 0 Å². The second kappa shape index (κ2) is 4.92. The summed E-state index contributed by atoms with van der Waals surface area (Å²) in [6, 6.07) is 7.20. The summed E-state index contributed by atoms with van der Waals surface area (Å²) in [7, 11) is 0. The molecule has 18 heavy (non-hydrogen) atoms. The molecule has 1 aromatic carbocycles. The Morgan fingerprint density at radius 2 is 2.00 bits per heavy atom. The minimum atomic E-state index is -1.31. The fourth-order valence-electron chi connectivity index (χ4n) is 1.33. The molecule has 92 valence electrons. The van der Waals surface area contributed by atoms with Gasteiger partial charge in [-0.15, -0.1) is 0 Å². The Balaban J connectivity index is 2.31. The molecule has 0 saturated heterocycles. The third kappa shape index (κ3) is 2.69. The number of carboxylic acid groups (broad SMARTS) is 2. The number of thioether (sulfide) groups is 1. The van der Waals surface area contributed by atoms with Crippen LogP contribution in [0.15, 0.2) is 40.4 Å². The van der Waals surface area contributed by atoms with Gasteiger partial charge in [0.25, 0.3) is 0 Å². The first kappa shape index (κ1) is 12.2. The van der Waals surface area contributed by atoms with Gasteiger partial charge in [-0.1, -0.05) is 12.1 Å². The largest absolute Gasteiger partial charge is 0.478 e. The van der Waals surface area contributed by atoms with Crippen LogP contribution in [0.25, 0.3) is 11.0 Å². The average molecular weight is 264 g/mol. The highest BCUT2D eigenvalue weighted by Gasteiger charge is 2.14. The molecule has 0 fully saturated rings. The van der Waals surface area contributed by atoms with Gasteiger partial charge < -0.3 is 15.2 Å². The van der Waals surface area contributed by atoms with E-state index < -0.39 is 11.9 Å². The summed E-state index contributed by atoms with van der Waals surface area (Å²) in [5.41, 5.74) is 1.46. The molecule has 0 spiro atoms. The number of nitrogens with one attached hydrogen (secondary N) is 1. The Bertz CT molecular complexity index is 614. The number of nitrogens with zero attached hydrogens (tertiary/aromatic N) is 1. The summed E-state index contributed by atoms with van der Waals surface area (Å²) in [5.74, 6) is -2.61. The van der Waals surface area contributed by atoms with Crippen molar-refractivity contribution in [1.82, 2.24) is 9.97 Å². The van der Waals surface area contributed by atoms with E-state index in [1.807, 2.05) is 12.1 Å². The lowest BCUT2D eigenvalue weighted by atomic mass is 10.3. The van der Waals surface area contributed by atoms with E-state index in [0.29, 0.717) is 16.7 Å². The van der Waals surface area contributed by atoms with E-state index >= 15 is 0 Å². The summed E-state index contributed by atoms with van der Waals surface area (Å²) in [6.45, 7) is 0. The van der Waals surface area contributed by atoms with Gasteiger partial charge in [0, 0.05) is 6.08 Å². The number of fused-ring (bicyclic) bond motifs is 1. The number of imidazole rings is 1. The summed E-state index contributed by atoms with van der Waals surface area (Å²) >= 11 is 0.765. The zero-order chi connectivity index (χ0) is 13.1. The van der Waals surface area contributed by atoms with Crippen LogP contribution in [0.5, 0.6) is 0 Å². The first-order chi connectivity index (χ1) is 8.56. The predicted molar refractivity (Wildman–Crippen MR) is 65.3 cm³/mol. The van der Waals surface area contributed by atoms with Crippen LogP contribution >= 0.6 is 11.8 Å². The van der Waals surface area contributed by atoms with Crippen LogP contribution in [0.4, 0.5) is 0 Å². The molecule has 2 rings (SSSR count). The van der Waals surface area contributed by atoms with Crippen molar-refractivity contribution >= 4 is 34.7 Å². The zero-order valence-corrected chi connectivity index (χ0v) is 9.77. The van der Waals surface area contributed by atoms with Crippen LogP contribution in [0.1, 0.15) is 0 Å². The number of hydrogen-bond donors (Lipinski definition) is 3. The van der Waals surface area contributed by atoms with Gasteiger partial charge in [0.2, 0.25) is 0 Å². The van der Waals surface area contributed by atoms with Crippen molar-refractivity contribution in [2.45, 2.75) is 5.16 Å². The molecule has 0 bridgehead atoms. The molecule has 0 saturated carbocycles. The molecule has 3 N–H and O–H groups in total. The van der Waals surface area contributed by atoms with E-state index in [9.17, 15) is 9.59 Å². The molecule has 2 aromatic rings. The molecule has 0 radical (unpaired) electrons. The quantitative estimate of drug-likeness (QED) is 0.573. The first-order valence-electron chi connectivity index (χ1n) is 4.87. The number of carbonyl (C=O) groups is 2. The number of rotatable bonds is 4. The average Bonchev–Trinajstić information content (AvgIpc) is 2.69. The Morgan fingerprint density at radius 1 is 1.28 bits per heavy atom. The SMILES string of the molecule is O=C(O)C=C(Sc1nc2ccccc2[nH]1)C(=O)O. The molecule has 1 heterocycles. The van der Waals surface area contributed by atoms with Crippen LogP contribution in [0.2, 0.25) is 0 Å². The maximum absolute atomic E-state index is 10.9.